The number of carbonyl (C=O) groups is 2. The van der Waals surface area contributed by atoms with Gasteiger partial charge in [0.25, 0.3) is 0 Å². The summed E-state index contributed by atoms with van der Waals surface area (Å²) in [5.74, 6) is 0.0552. The van der Waals surface area contributed by atoms with E-state index in [2.05, 4.69) is 48.1 Å². The maximum atomic E-state index is 13.4. The van der Waals surface area contributed by atoms with Gasteiger partial charge >= 0.3 is 5.97 Å². The third-order valence-electron chi connectivity index (χ3n) is 6.37. The summed E-state index contributed by atoms with van der Waals surface area (Å²) in [6.07, 6.45) is 2.07. The highest BCUT2D eigenvalue weighted by molar-refractivity contribution is 9.10. The number of dihydropyridines is 1. The number of methoxy groups -OCH3 is 1. The van der Waals surface area contributed by atoms with Crippen LogP contribution in [0, 0.1) is 5.41 Å². The molecule has 1 N–H and O–H groups in total. The Hall–Kier alpha value is -2.38. The van der Waals surface area contributed by atoms with Gasteiger partial charge < -0.3 is 14.8 Å². The predicted octanol–water partition coefficient (Wildman–Crippen LogP) is 6.43. The molecule has 0 fully saturated rings. The lowest BCUT2D eigenvalue weighted by atomic mass is 9.70. The van der Waals surface area contributed by atoms with E-state index in [-0.39, 0.29) is 11.2 Å². The van der Waals surface area contributed by atoms with E-state index in [0.29, 0.717) is 24.2 Å². The second-order valence-corrected chi connectivity index (χ2v) is 11.7. The van der Waals surface area contributed by atoms with Crippen molar-refractivity contribution in [3.63, 3.8) is 0 Å². The predicted molar refractivity (Wildman–Crippen MR) is 138 cm³/mol. The SMILES string of the molecule is CCc1sc([C@@H]2C(C(=O)OC)=C(C)NC3=C2C(=O)CC(C)(C)C3)cc1COc1ccc(Br)cc1. The molecule has 0 unspecified atom stereocenters. The third-order valence-corrected chi connectivity index (χ3v) is 8.29. The summed E-state index contributed by atoms with van der Waals surface area (Å²) in [5.41, 5.74) is 3.85. The minimum atomic E-state index is -0.427. The molecule has 0 bridgehead atoms. The fourth-order valence-electron chi connectivity index (χ4n) is 4.85. The van der Waals surface area contributed by atoms with Gasteiger partial charge in [0.1, 0.15) is 12.4 Å². The lowest BCUT2D eigenvalue weighted by Crippen LogP contribution is -2.38. The molecule has 0 radical (unpaired) electrons. The Bertz CT molecular complexity index is 1190. The largest absolute Gasteiger partial charge is 0.489 e. The molecule has 2 heterocycles. The first-order valence-corrected chi connectivity index (χ1v) is 13.1. The van der Waals surface area contributed by atoms with Crippen LogP contribution < -0.4 is 10.1 Å². The van der Waals surface area contributed by atoms with Crippen molar-refractivity contribution < 1.29 is 19.1 Å². The van der Waals surface area contributed by atoms with Crippen molar-refractivity contribution in [1.82, 2.24) is 5.32 Å². The van der Waals surface area contributed by atoms with Crippen LogP contribution in [0.4, 0.5) is 0 Å². The molecule has 0 amide bonds. The first-order chi connectivity index (χ1) is 16.1. The average Bonchev–Trinajstić information content (AvgIpc) is 3.19. The van der Waals surface area contributed by atoms with Crippen molar-refractivity contribution in [2.75, 3.05) is 7.11 Å². The van der Waals surface area contributed by atoms with Gasteiger partial charge in [-0.2, -0.15) is 0 Å². The third kappa shape index (κ3) is 4.86. The number of carbonyl (C=O) groups excluding carboxylic acids is 2. The molecule has 1 aromatic heterocycles. The number of benzene rings is 1. The lowest BCUT2D eigenvalue weighted by molar-refractivity contribution is -0.136. The van der Waals surface area contributed by atoms with E-state index in [4.69, 9.17) is 9.47 Å². The molecular formula is C27H30BrNO4S. The lowest BCUT2D eigenvalue weighted by Gasteiger charge is -2.39. The molecular weight excluding hydrogens is 514 g/mol. The number of ether oxygens (including phenoxy) is 2. The molecule has 1 atom stereocenters. The number of Topliss-reactive ketones (excluding diaryl/α,β-unsaturated/α-hetero) is 1. The number of allylic oxidation sites excluding steroid dienone is 3. The molecule has 0 saturated carbocycles. The van der Waals surface area contributed by atoms with Crippen LogP contribution in [-0.4, -0.2) is 18.9 Å². The van der Waals surface area contributed by atoms with Crippen LogP contribution >= 0.6 is 27.3 Å². The number of halogens is 1. The molecule has 2 aliphatic rings. The second kappa shape index (κ2) is 9.70. The molecule has 0 saturated heterocycles. The molecule has 7 heteroatoms. The number of hydrogen-bond acceptors (Lipinski definition) is 6. The van der Waals surface area contributed by atoms with E-state index in [1.54, 1.807) is 11.3 Å². The number of ketones is 1. The van der Waals surface area contributed by atoms with Crippen LogP contribution in [0.1, 0.15) is 61.8 Å². The molecule has 1 aliphatic carbocycles. The minimum absolute atomic E-state index is 0.0942. The summed E-state index contributed by atoms with van der Waals surface area (Å²) < 4.78 is 12.2. The van der Waals surface area contributed by atoms with Crippen molar-refractivity contribution in [3.05, 3.63) is 72.7 Å². The van der Waals surface area contributed by atoms with E-state index in [1.165, 1.54) is 12.0 Å². The monoisotopic (exact) mass is 543 g/mol. The fraction of sp³-hybridized carbons (Fsp3) is 0.407. The van der Waals surface area contributed by atoms with Gasteiger partial charge in [0.15, 0.2) is 5.78 Å². The molecule has 1 aliphatic heterocycles. The van der Waals surface area contributed by atoms with E-state index in [1.807, 2.05) is 31.2 Å². The quantitative estimate of drug-likeness (QED) is 0.425. The normalized spacial score (nSPS) is 19.6. The highest BCUT2D eigenvalue weighted by atomic mass is 79.9. The van der Waals surface area contributed by atoms with E-state index >= 15 is 0 Å². The molecule has 2 aromatic rings. The highest BCUT2D eigenvalue weighted by Gasteiger charge is 2.43. The molecule has 5 nitrogen and oxygen atoms in total. The topological polar surface area (TPSA) is 64.6 Å². The summed E-state index contributed by atoms with van der Waals surface area (Å²) in [4.78, 5) is 28.5. The zero-order valence-corrected chi connectivity index (χ0v) is 22.6. The van der Waals surface area contributed by atoms with Crippen molar-refractivity contribution in [1.29, 1.82) is 0 Å². The molecule has 4 rings (SSSR count). The van der Waals surface area contributed by atoms with Gasteiger partial charge in [-0.3, -0.25) is 4.79 Å². The maximum Gasteiger partial charge on any atom is 0.336 e. The Balaban J connectivity index is 1.75. The number of hydrogen-bond donors (Lipinski definition) is 1. The van der Waals surface area contributed by atoms with Gasteiger partial charge in [-0.1, -0.05) is 36.7 Å². The van der Waals surface area contributed by atoms with E-state index in [0.717, 1.165) is 44.9 Å². The smallest absolute Gasteiger partial charge is 0.336 e. The summed E-state index contributed by atoms with van der Waals surface area (Å²) in [7, 11) is 1.39. The second-order valence-electron chi connectivity index (χ2n) is 9.61. The number of esters is 1. The van der Waals surface area contributed by atoms with Gasteiger partial charge in [-0.15, -0.1) is 11.3 Å². The van der Waals surface area contributed by atoms with Crippen LogP contribution in [0.25, 0.3) is 0 Å². The molecule has 34 heavy (non-hydrogen) atoms. The Morgan fingerprint density at radius 3 is 2.59 bits per heavy atom. The van der Waals surface area contributed by atoms with Crippen molar-refractivity contribution in [2.24, 2.45) is 5.41 Å². The van der Waals surface area contributed by atoms with Crippen LogP contribution in [0.15, 0.2) is 57.3 Å². The molecule has 0 spiro atoms. The minimum Gasteiger partial charge on any atom is -0.489 e. The standard InChI is InChI=1S/C27H30BrNO4S/c1-6-21-16(14-33-18-9-7-17(28)8-10-18)11-22(34-21)25-23(26(31)32-5)15(2)29-19-12-27(3,4)13-20(30)24(19)25/h7-11,25,29H,6,12-14H2,1-5H3/t25-/m1/s1. The van der Waals surface area contributed by atoms with Gasteiger partial charge in [0, 0.05) is 43.2 Å². The zero-order chi connectivity index (χ0) is 24.6. The van der Waals surface area contributed by atoms with Gasteiger partial charge in [-0.25, -0.2) is 4.79 Å². The van der Waals surface area contributed by atoms with Crippen molar-refractivity contribution in [2.45, 2.75) is 59.5 Å². The number of aryl methyl sites for hydroxylation is 1. The summed E-state index contributed by atoms with van der Waals surface area (Å²) in [6.45, 7) is 8.65. The average molecular weight is 545 g/mol. The summed E-state index contributed by atoms with van der Waals surface area (Å²) >= 11 is 5.10. The first kappa shape index (κ1) is 24.7. The molecule has 1 aromatic carbocycles. The highest BCUT2D eigenvalue weighted by Crippen LogP contribution is 2.48. The van der Waals surface area contributed by atoms with Crippen LogP contribution in [0.3, 0.4) is 0 Å². The van der Waals surface area contributed by atoms with Crippen LogP contribution in [0.5, 0.6) is 5.75 Å². The number of rotatable bonds is 6. The maximum absolute atomic E-state index is 13.4. The van der Waals surface area contributed by atoms with E-state index in [9.17, 15) is 9.59 Å². The van der Waals surface area contributed by atoms with Gasteiger partial charge in [0.05, 0.1) is 18.6 Å². The van der Waals surface area contributed by atoms with Crippen LogP contribution in [0.2, 0.25) is 0 Å². The molecule has 180 valence electrons. The summed E-state index contributed by atoms with van der Waals surface area (Å²) in [6, 6.07) is 9.86. The Labute approximate surface area is 213 Å². The Morgan fingerprint density at radius 2 is 1.94 bits per heavy atom. The zero-order valence-electron chi connectivity index (χ0n) is 20.2. The van der Waals surface area contributed by atoms with Crippen LogP contribution in [-0.2, 0) is 27.4 Å². The fourth-order valence-corrected chi connectivity index (χ4v) is 6.34. The number of nitrogens with one attached hydrogen (secondary N) is 1. The van der Waals surface area contributed by atoms with Gasteiger partial charge in [0.2, 0.25) is 0 Å². The summed E-state index contributed by atoms with van der Waals surface area (Å²) in [5, 5.41) is 3.37. The van der Waals surface area contributed by atoms with Gasteiger partial charge in [-0.05, 0) is 55.5 Å². The Morgan fingerprint density at radius 1 is 1.24 bits per heavy atom. The first-order valence-electron chi connectivity index (χ1n) is 11.5. The van der Waals surface area contributed by atoms with Crippen molar-refractivity contribution in [3.8, 4) is 5.75 Å². The number of thiophene rings is 1. The Kier molecular flexibility index (Phi) is 7.06. The van der Waals surface area contributed by atoms with Crippen molar-refractivity contribution >= 4 is 39.0 Å². The van der Waals surface area contributed by atoms with E-state index < -0.39 is 11.9 Å².